The van der Waals surface area contributed by atoms with Gasteiger partial charge in [0.25, 0.3) is 0 Å². The number of nitro groups is 2. The summed E-state index contributed by atoms with van der Waals surface area (Å²) in [5.41, 5.74) is -2.19. The maximum absolute atomic E-state index is 12.9. The summed E-state index contributed by atoms with van der Waals surface area (Å²) in [6, 6.07) is 14.3. The second-order valence-corrected chi connectivity index (χ2v) is 8.93. The predicted molar refractivity (Wildman–Crippen MR) is 154 cm³/mol. The molecule has 2 aromatic carbocycles. The Morgan fingerprint density at radius 2 is 1.23 bits per heavy atom. The number of carbonyl (C=O) groups is 2. The van der Waals surface area contributed by atoms with E-state index < -0.39 is 44.3 Å². The average molecular weight is 609 g/mol. The van der Waals surface area contributed by atoms with E-state index in [0.29, 0.717) is 22.1 Å². The van der Waals surface area contributed by atoms with Crippen molar-refractivity contribution >= 4 is 57.9 Å². The highest BCUT2D eigenvalue weighted by Gasteiger charge is 2.31. The Kier molecular flexibility index (Phi) is 8.96. The van der Waals surface area contributed by atoms with Crippen molar-refractivity contribution < 1.29 is 33.6 Å². The Bertz CT molecular complexity index is 1750. The molecule has 4 rings (SSSR count). The lowest BCUT2D eigenvalue weighted by Crippen LogP contribution is -2.14. The monoisotopic (exact) mass is 608 g/mol. The molecule has 0 atom stereocenters. The zero-order valence-corrected chi connectivity index (χ0v) is 23.4. The Morgan fingerprint density at radius 1 is 0.744 bits per heavy atom. The van der Waals surface area contributed by atoms with Crippen LogP contribution < -0.4 is 15.4 Å². The topological polar surface area (TPSA) is 198 Å². The summed E-state index contributed by atoms with van der Waals surface area (Å²) >= 11 is 6.05. The highest BCUT2D eigenvalue weighted by Crippen LogP contribution is 2.38. The van der Waals surface area contributed by atoms with E-state index in [1.54, 1.807) is 42.5 Å². The molecule has 0 aliphatic rings. The SMILES string of the molecule is COC(=O)c1cc([N+](=O)[O-])c(Nc2ccc(OC)cc2)nc1-c1nc(Nc2cccc(Cl)c2)c([N+](=O)[O-])cc1C(=O)OC. The van der Waals surface area contributed by atoms with Crippen molar-refractivity contribution in [1.82, 2.24) is 9.97 Å². The lowest BCUT2D eigenvalue weighted by Gasteiger charge is -2.15. The van der Waals surface area contributed by atoms with Gasteiger partial charge in [0.05, 0.1) is 42.3 Å². The smallest absolute Gasteiger partial charge is 0.340 e. The summed E-state index contributed by atoms with van der Waals surface area (Å²) in [6.45, 7) is 0. The van der Waals surface area contributed by atoms with Gasteiger partial charge in [-0.15, -0.1) is 0 Å². The van der Waals surface area contributed by atoms with Crippen molar-refractivity contribution in [2.75, 3.05) is 32.0 Å². The summed E-state index contributed by atoms with van der Waals surface area (Å²) in [6.07, 6.45) is 0. The maximum atomic E-state index is 12.9. The number of nitrogens with zero attached hydrogens (tertiary/aromatic N) is 4. The number of halogens is 1. The lowest BCUT2D eigenvalue weighted by atomic mass is 10.0. The minimum atomic E-state index is -1.06. The van der Waals surface area contributed by atoms with Crippen LogP contribution in [0.1, 0.15) is 20.7 Å². The van der Waals surface area contributed by atoms with E-state index >= 15 is 0 Å². The third kappa shape index (κ3) is 6.57. The van der Waals surface area contributed by atoms with Crippen LogP contribution in [-0.2, 0) is 9.47 Å². The van der Waals surface area contributed by atoms with Crippen molar-refractivity contribution in [2.24, 2.45) is 0 Å². The summed E-state index contributed by atoms with van der Waals surface area (Å²) < 4.78 is 14.8. The van der Waals surface area contributed by atoms with E-state index in [-0.39, 0.29) is 23.0 Å². The number of anilines is 4. The lowest BCUT2D eigenvalue weighted by molar-refractivity contribution is -0.384. The first kappa shape index (κ1) is 30.1. The van der Waals surface area contributed by atoms with Gasteiger partial charge in [-0.05, 0) is 42.5 Å². The number of ether oxygens (including phenoxy) is 3. The van der Waals surface area contributed by atoms with Crippen LogP contribution in [0.2, 0.25) is 5.02 Å². The Hall–Kier alpha value is -5.83. The van der Waals surface area contributed by atoms with Crippen LogP contribution in [0.25, 0.3) is 11.4 Å². The number of pyridine rings is 2. The van der Waals surface area contributed by atoms with Gasteiger partial charge in [0.1, 0.15) is 17.1 Å². The number of hydrogen-bond donors (Lipinski definition) is 2. The number of rotatable bonds is 10. The molecule has 220 valence electrons. The fraction of sp³-hybridized carbons (Fsp3) is 0.111. The first-order chi connectivity index (χ1) is 20.6. The Morgan fingerprint density at radius 3 is 1.65 bits per heavy atom. The van der Waals surface area contributed by atoms with Gasteiger partial charge in [-0.2, -0.15) is 0 Å². The molecule has 2 heterocycles. The second-order valence-electron chi connectivity index (χ2n) is 8.49. The molecule has 0 amide bonds. The summed E-state index contributed by atoms with van der Waals surface area (Å²) in [4.78, 5) is 56.8. The standard InChI is InChI=1S/C27H21ClN6O9/c1-41-17-9-7-15(8-10-17)29-24-20(33(37)38)12-18(26(35)42-2)22(31-24)23-19(27(36)43-3)13-21(34(39)40)25(32-23)30-16-6-4-5-14(28)11-16/h4-13H,1-3H3,(H,29,31)(H,30,32). The van der Waals surface area contributed by atoms with Crippen LogP contribution in [0.5, 0.6) is 5.75 Å². The molecule has 0 spiro atoms. The number of benzene rings is 2. The fourth-order valence-electron chi connectivity index (χ4n) is 3.87. The molecule has 15 nitrogen and oxygen atoms in total. The minimum Gasteiger partial charge on any atom is -0.497 e. The van der Waals surface area contributed by atoms with Gasteiger partial charge < -0.3 is 24.8 Å². The molecule has 0 aliphatic carbocycles. The maximum Gasteiger partial charge on any atom is 0.340 e. The second kappa shape index (κ2) is 12.8. The van der Waals surface area contributed by atoms with E-state index in [2.05, 4.69) is 20.6 Å². The van der Waals surface area contributed by atoms with Gasteiger partial charge in [0.15, 0.2) is 0 Å². The predicted octanol–water partition coefficient (Wildman–Crippen LogP) is 5.68. The van der Waals surface area contributed by atoms with E-state index in [1.807, 2.05) is 0 Å². The van der Waals surface area contributed by atoms with Crippen molar-refractivity contribution in [3.05, 3.63) is 97.0 Å². The largest absolute Gasteiger partial charge is 0.497 e. The van der Waals surface area contributed by atoms with Crippen LogP contribution in [0, 0.1) is 20.2 Å². The molecule has 16 heteroatoms. The zero-order chi connectivity index (χ0) is 31.3. The zero-order valence-electron chi connectivity index (χ0n) is 22.6. The van der Waals surface area contributed by atoms with Crippen molar-refractivity contribution in [3.8, 4) is 17.1 Å². The average Bonchev–Trinajstić information content (AvgIpc) is 3.00. The van der Waals surface area contributed by atoms with E-state index in [0.717, 1.165) is 26.4 Å². The van der Waals surface area contributed by atoms with Crippen molar-refractivity contribution in [1.29, 1.82) is 0 Å². The molecule has 0 radical (unpaired) electrons. The van der Waals surface area contributed by atoms with E-state index in [4.69, 9.17) is 25.8 Å². The number of esters is 2. The molecule has 0 unspecified atom stereocenters. The van der Waals surface area contributed by atoms with Crippen LogP contribution in [0.15, 0.2) is 60.7 Å². The third-order valence-electron chi connectivity index (χ3n) is 5.87. The summed E-state index contributed by atoms with van der Waals surface area (Å²) in [5.74, 6) is -2.27. The number of nitrogens with one attached hydrogen (secondary N) is 2. The summed E-state index contributed by atoms with van der Waals surface area (Å²) in [7, 11) is 3.55. The van der Waals surface area contributed by atoms with Gasteiger partial charge >= 0.3 is 23.3 Å². The van der Waals surface area contributed by atoms with E-state index in [9.17, 15) is 29.8 Å². The minimum absolute atomic E-state index is 0.312. The molecule has 0 bridgehead atoms. The molecule has 0 fully saturated rings. The number of hydrogen-bond acceptors (Lipinski definition) is 13. The van der Waals surface area contributed by atoms with Gasteiger partial charge in [-0.1, -0.05) is 17.7 Å². The van der Waals surface area contributed by atoms with Crippen molar-refractivity contribution in [2.45, 2.75) is 0 Å². The third-order valence-corrected chi connectivity index (χ3v) is 6.11. The van der Waals surface area contributed by atoms with Crippen molar-refractivity contribution in [3.63, 3.8) is 0 Å². The normalized spacial score (nSPS) is 10.4. The Balaban J connectivity index is 2.02. The number of aromatic nitrogens is 2. The van der Waals surface area contributed by atoms with Gasteiger partial charge in [-0.3, -0.25) is 20.2 Å². The first-order valence-electron chi connectivity index (χ1n) is 12.1. The molecular formula is C27H21ClN6O9. The van der Waals surface area contributed by atoms with Gasteiger partial charge in [-0.25, -0.2) is 19.6 Å². The van der Waals surface area contributed by atoms with E-state index in [1.165, 1.54) is 13.2 Å². The quantitative estimate of drug-likeness (QED) is 0.127. The van der Waals surface area contributed by atoms with Gasteiger partial charge in [0.2, 0.25) is 11.6 Å². The molecule has 0 saturated heterocycles. The van der Waals surface area contributed by atoms with Gasteiger partial charge in [0, 0.05) is 28.5 Å². The van der Waals surface area contributed by atoms with Crippen LogP contribution in [0.4, 0.5) is 34.4 Å². The Labute approximate surface area is 247 Å². The molecule has 0 aliphatic heterocycles. The molecule has 2 aromatic heterocycles. The highest BCUT2D eigenvalue weighted by molar-refractivity contribution is 6.30. The molecule has 0 saturated carbocycles. The molecular weight excluding hydrogens is 588 g/mol. The summed E-state index contributed by atoms with van der Waals surface area (Å²) in [5, 5.41) is 29.9. The number of carbonyl (C=O) groups excluding carboxylic acids is 2. The highest BCUT2D eigenvalue weighted by atomic mass is 35.5. The van der Waals surface area contributed by atoms with Crippen LogP contribution >= 0.6 is 11.6 Å². The molecule has 4 aromatic rings. The fourth-order valence-corrected chi connectivity index (χ4v) is 4.06. The van der Waals surface area contributed by atoms with Crippen LogP contribution in [-0.4, -0.2) is 53.1 Å². The molecule has 43 heavy (non-hydrogen) atoms. The number of methoxy groups -OCH3 is 3. The first-order valence-corrected chi connectivity index (χ1v) is 12.4. The molecule has 2 N–H and O–H groups in total. The van der Waals surface area contributed by atoms with Crippen LogP contribution in [0.3, 0.4) is 0 Å².